The van der Waals surface area contributed by atoms with Gasteiger partial charge in [0.05, 0.1) is 24.3 Å². The van der Waals surface area contributed by atoms with Crippen molar-refractivity contribution in [3.8, 4) is 5.00 Å². The minimum Gasteiger partial charge on any atom is -0.374 e. The molecule has 0 bridgehead atoms. The number of hydrogen-bond acceptors (Lipinski definition) is 3. The maximum absolute atomic E-state index is 12.5. The van der Waals surface area contributed by atoms with Crippen molar-refractivity contribution in [2.45, 2.75) is 32.1 Å². The van der Waals surface area contributed by atoms with E-state index >= 15 is 0 Å². The van der Waals surface area contributed by atoms with Crippen LogP contribution in [0.15, 0.2) is 60.1 Å². The molecule has 5 heteroatoms. The average molecular weight is 352 g/mol. The molecule has 128 valence electrons. The van der Waals surface area contributed by atoms with Crippen molar-refractivity contribution in [2.75, 3.05) is 0 Å². The zero-order chi connectivity index (χ0) is 17.2. The lowest BCUT2D eigenvalue weighted by atomic mass is 10.1. The van der Waals surface area contributed by atoms with Crippen LogP contribution < -0.4 is 5.32 Å². The van der Waals surface area contributed by atoms with Gasteiger partial charge in [-0.1, -0.05) is 30.3 Å². The number of hydrogen-bond donors (Lipinski definition) is 1. The first-order valence-corrected chi connectivity index (χ1v) is 9.32. The van der Waals surface area contributed by atoms with Crippen LogP contribution in [0, 0.1) is 0 Å². The SMILES string of the molecule is CC(CC1NC(=O)c2ccsc2-n2cccc21)OCc1ccccc1. The Morgan fingerprint density at radius 2 is 2.04 bits per heavy atom. The van der Waals surface area contributed by atoms with Gasteiger partial charge >= 0.3 is 0 Å². The summed E-state index contributed by atoms with van der Waals surface area (Å²) in [6.07, 6.45) is 2.79. The van der Waals surface area contributed by atoms with Gasteiger partial charge in [-0.3, -0.25) is 4.79 Å². The molecule has 0 saturated carbocycles. The van der Waals surface area contributed by atoms with E-state index in [9.17, 15) is 4.79 Å². The highest BCUT2D eigenvalue weighted by Gasteiger charge is 2.28. The lowest BCUT2D eigenvalue weighted by Gasteiger charge is -2.22. The Morgan fingerprint density at radius 1 is 1.20 bits per heavy atom. The van der Waals surface area contributed by atoms with Gasteiger partial charge in [-0.05, 0) is 42.5 Å². The first-order chi connectivity index (χ1) is 12.2. The van der Waals surface area contributed by atoms with Crippen molar-refractivity contribution in [2.24, 2.45) is 0 Å². The van der Waals surface area contributed by atoms with Crippen molar-refractivity contribution in [3.05, 3.63) is 76.9 Å². The molecule has 3 aromatic rings. The van der Waals surface area contributed by atoms with Gasteiger partial charge in [-0.25, -0.2) is 0 Å². The topological polar surface area (TPSA) is 43.3 Å². The average Bonchev–Trinajstić information content (AvgIpc) is 3.27. The lowest BCUT2D eigenvalue weighted by Crippen LogP contribution is -2.30. The van der Waals surface area contributed by atoms with Crippen molar-refractivity contribution < 1.29 is 9.53 Å². The molecule has 0 aliphatic carbocycles. The predicted molar refractivity (Wildman–Crippen MR) is 99.2 cm³/mol. The van der Waals surface area contributed by atoms with Gasteiger partial charge in [0.1, 0.15) is 5.00 Å². The van der Waals surface area contributed by atoms with Crippen LogP contribution in [0.5, 0.6) is 0 Å². The molecule has 0 radical (unpaired) electrons. The minimum absolute atomic E-state index is 0.0137. The molecule has 2 atom stereocenters. The highest BCUT2D eigenvalue weighted by molar-refractivity contribution is 7.13. The van der Waals surface area contributed by atoms with E-state index in [1.807, 2.05) is 41.9 Å². The Balaban J connectivity index is 1.49. The maximum atomic E-state index is 12.5. The molecular formula is C20H20N2O2S. The molecule has 1 N–H and O–H groups in total. The second kappa shape index (κ2) is 6.86. The van der Waals surface area contributed by atoms with E-state index in [1.165, 1.54) is 0 Å². The molecule has 4 nitrogen and oxygen atoms in total. The van der Waals surface area contributed by atoms with Gasteiger partial charge in [0.25, 0.3) is 5.91 Å². The van der Waals surface area contributed by atoms with Crippen molar-refractivity contribution in [1.29, 1.82) is 0 Å². The van der Waals surface area contributed by atoms with Gasteiger partial charge in [0.2, 0.25) is 0 Å². The van der Waals surface area contributed by atoms with E-state index < -0.39 is 0 Å². The van der Waals surface area contributed by atoms with E-state index in [1.54, 1.807) is 11.3 Å². The number of ether oxygens (including phenoxy) is 1. The summed E-state index contributed by atoms with van der Waals surface area (Å²) >= 11 is 1.59. The zero-order valence-electron chi connectivity index (χ0n) is 14.0. The second-order valence-corrected chi connectivity index (χ2v) is 7.21. The fraction of sp³-hybridized carbons (Fsp3) is 0.250. The van der Waals surface area contributed by atoms with Crippen LogP contribution in [-0.2, 0) is 11.3 Å². The Bertz CT molecular complexity index is 869. The number of benzene rings is 1. The third kappa shape index (κ3) is 3.25. The molecule has 3 heterocycles. The van der Waals surface area contributed by atoms with Gasteiger partial charge in [-0.2, -0.15) is 0 Å². The first-order valence-electron chi connectivity index (χ1n) is 8.44. The largest absolute Gasteiger partial charge is 0.374 e. The first kappa shape index (κ1) is 16.1. The number of fused-ring (bicyclic) bond motifs is 3. The smallest absolute Gasteiger partial charge is 0.254 e. The Kier molecular flexibility index (Phi) is 4.42. The molecule has 2 unspecified atom stereocenters. The van der Waals surface area contributed by atoms with Crippen LogP contribution >= 0.6 is 11.3 Å². The summed E-state index contributed by atoms with van der Waals surface area (Å²) in [5.74, 6) is -0.0137. The molecule has 1 amide bonds. The summed E-state index contributed by atoms with van der Waals surface area (Å²) < 4.78 is 8.12. The van der Waals surface area contributed by atoms with Crippen LogP contribution in [0.4, 0.5) is 0 Å². The van der Waals surface area contributed by atoms with Gasteiger partial charge < -0.3 is 14.6 Å². The molecule has 0 spiro atoms. The lowest BCUT2D eigenvalue weighted by molar-refractivity contribution is 0.0397. The summed E-state index contributed by atoms with van der Waals surface area (Å²) in [6, 6.07) is 16.1. The highest BCUT2D eigenvalue weighted by atomic mass is 32.1. The summed E-state index contributed by atoms with van der Waals surface area (Å²) in [6.45, 7) is 2.64. The summed E-state index contributed by atoms with van der Waals surface area (Å²) in [4.78, 5) is 12.5. The van der Waals surface area contributed by atoms with E-state index in [2.05, 4.69) is 35.0 Å². The standard InChI is InChI=1S/C20H20N2O2S/c1-14(24-13-15-6-3-2-4-7-15)12-17-18-8-5-10-22(18)20-16(9-11-25-20)19(23)21-17/h2-11,14,17H,12-13H2,1H3,(H,21,23). The monoisotopic (exact) mass is 352 g/mol. The van der Waals surface area contributed by atoms with E-state index in [0.717, 1.165) is 28.2 Å². The number of carbonyl (C=O) groups excluding carboxylic acids is 1. The summed E-state index contributed by atoms with van der Waals surface area (Å²) in [5.41, 5.74) is 3.00. The Morgan fingerprint density at radius 3 is 2.88 bits per heavy atom. The molecule has 0 saturated heterocycles. The minimum atomic E-state index is -0.0622. The van der Waals surface area contributed by atoms with Crippen molar-refractivity contribution in [1.82, 2.24) is 9.88 Å². The normalized spacial score (nSPS) is 17.3. The number of rotatable bonds is 5. The molecule has 4 rings (SSSR count). The quantitative estimate of drug-likeness (QED) is 0.743. The van der Waals surface area contributed by atoms with E-state index in [0.29, 0.717) is 6.61 Å². The predicted octanol–water partition coefficient (Wildman–Crippen LogP) is 4.32. The van der Waals surface area contributed by atoms with Gasteiger partial charge in [-0.15, -0.1) is 11.3 Å². The molecule has 1 aliphatic rings. The van der Waals surface area contributed by atoms with Crippen LogP contribution in [0.25, 0.3) is 5.00 Å². The van der Waals surface area contributed by atoms with Gasteiger partial charge in [0.15, 0.2) is 0 Å². The summed E-state index contributed by atoms with van der Waals surface area (Å²) in [7, 11) is 0. The van der Waals surface area contributed by atoms with Crippen molar-refractivity contribution in [3.63, 3.8) is 0 Å². The third-order valence-corrected chi connectivity index (χ3v) is 5.41. The number of thiophene rings is 1. The molecule has 1 aliphatic heterocycles. The Hall–Kier alpha value is -2.37. The molecule has 2 aromatic heterocycles. The van der Waals surface area contributed by atoms with Crippen LogP contribution in [0.1, 0.15) is 41.0 Å². The molecule has 0 fully saturated rings. The number of nitrogens with zero attached hydrogens (tertiary/aromatic N) is 1. The van der Waals surface area contributed by atoms with Crippen LogP contribution in [0.2, 0.25) is 0 Å². The molecule has 1 aromatic carbocycles. The van der Waals surface area contributed by atoms with Gasteiger partial charge in [0, 0.05) is 11.9 Å². The maximum Gasteiger partial charge on any atom is 0.254 e. The van der Waals surface area contributed by atoms with E-state index in [4.69, 9.17) is 4.74 Å². The fourth-order valence-corrected chi connectivity index (χ4v) is 4.13. The van der Waals surface area contributed by atoms with E-state index in [-0.39, 0.29) is 18.1 Å². The van der Waals surface area contributed by atoms with Crippen LogP contribution in [0.3, 0.4) is 0 Å². The number of amides is 1. The summed E-state index contributed by atoms with van der Waals surface area (Å²) in [5, 5.41) is 6.10. The number of aromatic nitrogens is 1. The molecule has 25 heavy (non-hydrogen) atoms. The molecular weight excluding hydrogens is 332 g/mol. The number of nitrogens with one attached hydrogen (secondary N) is 1. The Labute approximate surface area is 151 Å². The van der Waals surface area contributed by atoms with Crippen LogP contribution in [-0.4, -0.2) is 16.6 Å². The third-order valence-electron chi connectivity index (χ3n) is 4.50. The fourth-order valence-electron chi connectivity index (χ4n) is 3.23. The second-order valence-electron chi connectivity index (χ2n) is 6.31. The number of carbonyl (C=O) groups is 1. The highest BCUT2D eigenvalue weighted by Crippen LogP contribution is 2.32. The zero-order valence-corrected chi connectivity index (χ0v) is 14.8. The van der Waals surface area contributed by atoms with Crippen molar-refractivity contribution >= 4 is 17.2 Å².